The molecule has 1 aliphatic heterocycles. The molecule has 8 nitrogen and oxygen atoms in total. The van der Waals surface area contributed by atoms with E-state index in [0.717, 1.165) is 56.4 Å². The summed E-state index contributed by atoms with van der Waals surface area (Å²) in [6.45, 7) is 7.43. The molecule has 0 radical (unpaired) electrons. The molecule has 0 bridgehead atoms. The van der Waals surface area contributed by atoms with E-state index < -0.39 is 0 Å². The van der Waals surface area contributed by atoms with E-state index in [2.05, 4.69) is 15.4 Å². The normalized spacial score (nSPS) is 15.3. The number of piperazine rings is 1. The van der Waals surface area contributed by atoms with Crippen LogP contribution in [0.4, 0.5) is 4.79 Å². The molecule has 8 heteroatoms. The third-order valence-corrected chi connectivity index (χ3v) is 4.29. The van der Waals surface area contributed by atoms with Gasteiger partial charge in [0.2, 0.25) is 0 Å². The van der Waals surface area contributed by atoms with Crippen LogP contribution in [-0.4, -0.2) is 60.3 Å². The Bertz CT molecular complexity index is 663. The van der Waals surface area contributed by atoms with Gasteiger partial charge in [-0.2, -0.15) is 0 Å². The van der Waals surface area contributed by atoms with Gasteiger partial charge in [0.15, 0.2) is 0 Å². The summed E-state index contributed by atoms with van der Waals surface area (Å²) in [5, 5.41) is 6.97. The van der Waals surface area contributed by atoms with Gasteiger partial charge in [-0.3, -0.25) is 4.90 Å². The van der Waals surface area contributed by atoms with E-state index >= 15 is 0 Å². The molecule has 0 atom stereocenters. The number of ether oxygens (including phenoxy) is 1. The van der Waals surface area contributed by atoms with Gasteiger partial charge in [-0.1, -0.05) is 5.16 Å². The number of urea groups is 1. The minimum atomic E-state index is -0.00651. The van der Waals surface area contributed by atoms with Crippen molar-refractivity contribution >= 4 is 6.03 Å². The van der Waals surface area contributed by atoms with Gasteiger partial charge in [0.25, 0.3) is 0 Å². The van der Waals surface area contributed by atoms with Crippen LogP contribution in [0.3, 0.4) is 0 Å². The SMILES string of the molecule is Cc1cc(CN2CCN(C(=O)NCCCOCc3ccco3)CC2)no1. The summed E-state index contributed by atoms with van der Waals surface area (Å²) in [5.74, 6) is 1.64. The van der Waals surface area contributed by atoms with E-state index in [1.165, 1.54) is 0 Å². The smallest absolute Gasteiger partial charge is 0.317 e. The zero-order valence-corrected chi connectivity index (χ0v) is 15.1. The second-order valence-corrected chi connectivity index (χ2v) is 6.41. The van der Waals surface area contributed by atoms with Crippen LogP contribution in [0.25, 0.3) is 0 Å². The van der Waals surface area contributed by atoms with Crippen LogP contribution in [0.5, 0.6) is 0 Å². The second-order valence-electron chi connectivity index (χ2n) is 6.41. The molecular formula is C18H26N4O4. The number of carbonyl (C=O) groups excluding carboxylic acids is 1. The molecule has 2 aromatic rings. The molecule has 2 amide bonds. The first-order valence-electron chi connectivity index (χ1n) is 8.98. The summed E-state index contributed by atoms with van der Waals surface area (Å²) in [4.78, 5) is 16.3. The summed E-state index contributed by atoms with van der Waals surface area (Å²) < 4.78 is 15.8. The zero-order chi connectivity index (χ0) is 18.2. The first-order chi connectivity index (χ1) is 12.7. The molecule has 1 fully saturated rings. The molecule has 0 spiro atoms. The second kappa shape index (κ2) is 9.40. The Morgan fingerprint density at radius 3 is 2.88 bits per heavy atom. The molecule has 26 heavy (non-hydrogen) atoms. The van der Waals surface area contributed by atoms with Crippen molar-refractivity contribution in [3.05, 3.63) is 41.7 Å². The van der Waals surface area contributed by atoms with E-state index in [4.69, 9.17) is 13.7 Å². The number of rotatable bonds is 8. The van der Waals surface area contributed by atoms with Crippen molar-refractivity contribution in [3.8, 4) is 0 Å². The Morgan fingerprint density at radius 1 is 1.35 bits per heavy atom. The monoisotopic (exact) mass is 362 g/mol. The highest BCUT2D eigenvalue weighted by molar-refractivity contribution is 5.74. The predicted molar refractivity (Wildman–Crippen MR) is 94.5 cm³/mol. The fourth-order valence-electron chi connectivity index (χ4n) is 2.88. The van der Waals surface area contributed by atoms with Gasteiger partial charge in [-0.25, -0.2) is 4.79 Å². The maximum absolute atomic E-state index is 12.2. The average molecular weight is 362 g/mol. The maximum Gasteiger partial charge on any atom is 0.317 e. The number of nitrogens with zero attached hydrogens (tertiary/aromatic N) is 3. The molecule has 0 saturated carbocycles. The van der Waals surface area contributed by atoms with Gasteiger partial charge in [0, 0.05) is 51.9 Å². The van der Waals surface area contributed by atoms with Gasteiger partial charge >= 0.3 is 6.03 Å². The van der Waals surface area contributed by atoms with Crippen LogP contribution in [-0.2, 0) is 17.9 Å². The number of furan rings is 1. The van der Waals surface area contributed by atoms with Gasteiger partial charge in [0.05, 0.1) is 12.0 Å². The lowest BCUT2D eigenvalue weighted by Gasteiger charge is -2.34. The van der Waals surface area contributed by atoms with E-state index in [1.807, 2.05) is 30.0 Å². The standard InChI is InChI=1S/C18H26N4O4/c1-15-12-16(20-26-15)13-21-6-8-22(9-7-21)18(23)19-5-3-10-24-14-17-4-2-11-25-17/h2,4,11-12H,3,5-10,13-14H2,1H3,(H,19,23). The average Bonchev–Trinajstić information content (AvgIpc) is 3.30. The molecule has 2 aromatic heterocycles. The molecule has 1 saturated heterocycles. The third-order valence-electron chi connectivity index (χ3n) is 4.29. The van der Waals surface area contributed by atoms with Gasteiger partial charge in [-0.15, -0.1) is 0 Å². The number of aromatic nitrogens is 1. The lowest BCUT2D eigenvalue weighted by atomic mass is 10.3. The van der Waals surface area contributed by atoms with E-state index in [-0.39, 0.29) is 6.03 Å². The van der Waals surface area contributed by atoms with E-state index in [1.54, 1.807) is 6.26 Å². The van der Waals surface area contributed by atoms with Crippen LogP contribution in [0, 0.1) is 6.92 Å². The molecule has 1 N–H and O–H groups in total. The number of hydrogen-bond donors (Lipinski definition) is 1. The van der Waals surface area contributed by atoms with Gasteiger partial charge in [0.1, 0.15) is 18.1 Å². The lowest BCUT2D eigenvalue weighted by molar-refractivity contribution is 0.103. The summed E-state index contributed by atoms with van der Waals surface area (Å²) in [6.07, 6.45) is 2.41. The molecule has 142 valence electrons. The van der Waals surface area contributed by atoms with Crippen LogP contribution < -0.4 is 5.32 Å². The highest BCUT2D eigenvalue weighted by Gasteiger charge is 2.21. The summed E-state index contributed by atoms with van der Waals surface area (Å²) in [7, 11) is 0. The largest absolute Gasteiger partial charge is 0.467 e. The highest BCUT2D eigenvalue weighted by atomic mass is 16.5. The van der Waals surface area contributed by atoms with Crippen molar-refractivity contribution < 1.29 is 18.5 Å². The van der Waals surface area contributed by atoms with Crippen LogP contribution >= 0.6 is 0 Å². The van der Waals surface area contributed by atoms with Crippen molar-refractivity contribution in [2.75, 3.05) is 39.3 Å². The topological polar surface area (TPSA) is 84.0 Å². The number of hydrogen-bond acceptors (Lipinski definition) is 6. The van der Waals surface area contributed by atoms with Crippen LogP contribution in [0.1, 0.15) is 23.6 Å². The fraction of sp³-hybridized carbons (Fsp3) is 0.556. The Hall–Kier alpha value is -2.32. The quantitative estimate of drug-likeness (QED) is 0.723. The summed E-state index contributed by atoms with van der Waals surface area (Å²) in [5.41, 5.74) is 0.940. The molecule has 3 rings (SSSR count). The lowest BCUT2D eigenvalue weighted by Crippen LogP contribution is -2.51. The molecule has 0 aliphatic carbocycles. The maximum atomic E-state index is 12.2. The minimum absolute atomic E-state index is 0.00651. The molecule has 0 aromatic carbocycles. The number of nitrogens with one attached hydrogen (secondary N) is 1. The van der Waals surface area contributed by atoms with Gasteiger partial charge < -0.3 is 23.9 Å². The van der Waals surface area contributed by atoms with Crippen molar-refractivity contribution in [2.24, 2.45) is 0 Å². The molecular weight excluding hydrogens is 336 g/mol. The highest BCUT2D eigenvalue weighted by Crippen LogP contribution is 2.09. The molecule has 0 unspecified atom stereocenters. The first-order valence-corrected chi connectivity index (χ1v) is 8.98. The Kier molecular flexibility index (Phi) is 6.68. The number of aryl methyl sites for hydroxylation is 1. The summed E-state index contributed by atoms with van der Waals surface area (Å²) in [6, 6.07) is 5.66. The number of amides is 2. The van der Waals surface area contributed by atoms with Gasteiger partial charge in [-0.05, 0) is 25.5 Å². The van der Waals surface area contributed by atoms with Crippen molar-refractivity contribution in [1.29, 1.82) is 0 Å². The van der Waals surface area contributed by atoms with E-state index in [0.29, 0.717) is 19.8 Å². The van der Waals surface area contributed by atoms with Crippen LogP contribution in [0.2, 0.25) is 0 Å². The predicted octanol–water partition coefficient (Wildman–Crippen LogP) is 2.01. The van der Waals surface area contributed by atoms with E-state index in [9.17, 15) is 4.79 Å². The zero-order valence-electron chi connectivity index (χ0n) is 15.1. The van der Waals surface area contributed by atoms with Crippen molar-refractivity contribution in [3.63, 3.8) is 0 Å². The first kappa shape index (κ1) is 18.5. The summed E-state index contributed by atoms with van der Waals surface area (Å²) >= 11 is 0. The number of carbonyl (C=O) groups is 1. The Labute approximate surface area is 153 Å². The minimum Gasteiger partial charge on any atom is -0.467 e. The van der Waals surface area contributed by atoms with Crippen LogP contribution in [0.15, 0.2) is 33.4 Å². The molecule has 1 aliphatic rings. The third kappa shape index (κ3) is 5.60. The fourth-order valence-corrected chi connectivity index (χ4v) is 2.88. The Morgan fingerprint density at radius 2 is 2.19 bits per heavy atom. The molecule has 3 heterocycles. The Balaban J connectivity index is 1.25. The van der Waals surface area contributed by atoms with Crippen molar-refractivity contribution in [2.45, 2.75) is 26.5 Å². The van der Waals surface area contributed by atoms with Crippen molar-refractivity contribution in [1.82, 2.24) is 20.3 Å².